The van der Waals surface area contributed by atoms with Crippen molar-refractivity contribution in [3.63, 3.8) is 0 Å². The Kier molecular flexibility index (Phi) is 6.62. The van der Waals surface area contributed by atoms with Gasteiger partial charge in [-0.15, -0.1) is 0 Å². The van der Waals surface area contributed by atoms with Crippen LogP contribution >= 0.6 is 0 Å². The average Bonchev–Trinajstić information content (AvgIpc) is 2.55. The number of unbranched alkanes of at least 4 members (excludes halogenated alkanes) is 1. The van der Waals surface area contributed by atoms with Crippen LogP contribution in [0.2, 0.25) is 0 Å². The predicted octanol–water partition coefficient (Wildman–Crippen LogP) is 1.56. The van der Waals surface area contributed by atoms with Crippen molar-refractivity contribution >= 4 is 0 Å². The number of aromatic hydroxyl groups is 1. The third kappa shape index (κ3) is 5.27. The Hall–Kier alpha value is -2.54. The zero-order chi connectivity index (χ0) is 17.4. The number of hydrogen-bond donors (Lipinski definition) is 3. The SMILES string of the molecule is CCCCOCCOc1ccc(Cc2c(O)[nH]c(=O)[nH]c2=O)cc1. The Morgan fingerprint density at radius 2 is 1.79 bits per heavy atom. The van der Waals surface area contributed by atoms with E-state index in [9.17, 15) is 14.7 Å². The molecule has 24 heavy (non-hydrogen) atoms. The quantitative estimate of drug-likeness (QED) is 0.604. The third-order valence-electron chi connectivity index (χ3n) is 3.46. The summed E-state index contributed by atoms with van der Waals surface area (Å²) >= 11 is 0. The van der Waals surface area contributed by atoms with Gasteiger partial charge in [-0.25, -0.2) is 4.79 Å². The van der Waals surface area contributed by atoms with Crippen molar-refractivity contribution in [2.75, 3.05) is 19.8 Å². The van der Waals surface area contributed by atoms with Gasteiger partial charge in [0.15, 0.2) is 0 Å². The number of benzene rings is 1. The molecule has 0 aliphatic rings. The second-order valence-corrected chi connectivity index (χ2v) is 5.37. The molecule has 130 valence electrons. The molecule has 0 radical (unpaired) electrons. The highest BCUT2D eigenvalue weighted by atomic mass is 16.5. The standard InChI is InChI=1S/C17H22N2O5/c1-2-3-8-23-9-10-24-13-6-4-12(5-7-13)11-14-15(20)18-17(22)19-16(14)21/h4-7H,2-3,8-11H2,1H3,(H3,18,19,20,21,22). The lowest BCUT2D eigenvalue weighted by Crippen LogP contribution is -2.25. The van der Waals surface area contributed by atoms with E-state index in [4.69, 9.17) is 9.47 Å². The maximum Gasteiger partial charge on any atom is 0.328 e. The molecule has 0 aliphatic heterocycles. The molecule has 0 atom stereocenters. The number of nitrogens with one attached hydrogen (secondary N) is 2. The van der Waals surface area contributed by atoms with E-state index >= 15 is 0 Å². The summed E-state index contributed by atoms with van der Waals surface area (Å²) in [5.41, 5.74) is -0.394. The molecule has 0 unspecified atom stereocenters. The largest absolute Gasteiger partial charge is 0.494 e. The van der Waals surface area contributed by atoms with E-state index in [1.54, 1.807) is 24.3 Å². The molecule has 0 amide bonds. The van der Waals surface area contributed by atoms with E-state index in [0.717, 1.165) is 25.0 Å². The molecule has 0 saturated heterocycles. The molecule has 0 bridgehead atoms. The average molecular weight is 334 g/mol. The fraction of sp³-hybridized carbons (Fsp3) is 0.412. The highest BCUT2D eigenvalue weighted by Crippen LogP contribution is 2.16. The fourth-order valence-electron chi connectivity index (χ4n) is 2.14. The fourth-order valence-corrected chi connectivity index (χ4v) is 2.14. The molecule has 3 N–H and O–H groups in total. The predicted molar refractivity (Wildman–Crippen MR) is 89.8 cm³/mol. The van der Waals surface area contributed by atoms with E-state index in [-0.39, 0.29) is 12.0 Å². The summed E-state index contributed by atoms with van der Waals surface area (Å²) < 4.78 is 11.0. The summed E-state index contributed by atoms with van der Waals surface area (Å²) in [7, 11) is 0. The van der Waals surface area contributed by atoms with Crippen LogP contribution in [0.5, 0.6) is 11.6 Å². The molecule has 0 aliphatic carbocycles. The maximum absolute atomic E-state index is 11.7. The van der Waals surface area contributed by atoms with Crippen LogP contribution in [0.1, 0.15) is 30.9 Å². The van der Waals surface area contributed by atoms with Crippen molar-refractivity contribution in [2.24, 2.45) is 0 Å². The van der Waals surface area contributed by atoms with Gasteiger partial charge in [-0.05, 0) is 24.1 Å². The van der Waals surface area contributed by atoms with Gasteiger partial charge in [0.25, 0.3) is 5.56 Å². The molecule has 0 fully saturated rings. The van der Waals surface area contributed by atoms with Gasteiger partial charge in [0.2, 0.25) is 5.88 Å². The van der Waals surface area contributed by atoms with Crippen LogP contribution in [-0.2, 0) is 11.2 Å². The van der Waals surface area contributed by atoms with Gasteiger partial charge in [0.1, 0.15) is 12.4 Å². The number of ether oxygens (including phenoxy) is 2. The summed E-state index contributed by atoms with van der Waals surface area (Å²) in [6.45, 7) is 3.88. The summed E-state index contributed by atoms with van der Waals surface area (Å²) in [6, 6.07) is 7.19. The molecule has 2 aromatic rings. The smallest absolute Gasteiger partial charge is 0.328 e. The van der Waals surface area contributed by atoms with Crippen molar-refractivity contribution in [2.45, 2.75) is 26.2 Å². The molecule has 1 aromatic carbocycles. The normalized spacial score (nSPS) is 10.7. The first-order valence-electron chi connectivity index (χ1n) is 7.94. The Bertz CT molecular complexity index is 749. The van der Waals surface area contributed by atoms with Gasteiger partial charge in [-0.1, -0.05) is 25.5 Å². The highest BCUT2D eigenvalue weighted by molar-refractivity contribution is 5.33. The second-order valence-electron chi connectivity index (χ2n) is 5.37. The molecule has 1 aromatic heterocycles. The van der Waals surface area contributed by atoms with Crippen LogP contribution in [0.15, 0.2) is 33.9 Å². The minimum Gasteiger partial charge on any atom is -0.494 e. The first-order valence-corrected chi connectivity index (χ1v) is 7.94. The number of rotatable bonds is 9. The number of aromatic nitrogens is 2. The van der Waals surface area contributed by atoms with Crippen molar-refractivity contribution in [1.29, 1.82) is 0 Å². The molecule has 7 heteroatoms. The molecule has 0 spiro atoms. The van der Waals surface area contributed by atoms with Crippen molar-refractivity contribution in [1.82, 2.24) is 9.97 Å². The molecule has 1 heterocycles. The van der Waals surface area contributed by atoms with E-state index in [2.05, 4.69) is 16.9 Å². The van der Waals surface area contributed by atoms with Gasteiger partial charge in [0, 0.05) is 13.0 Å². The number of H-pyrrole nitrogens is 2. The second kappa shape index (κ2) is 8.93. The topological polar surface area (TPSA) is 104 Å². The van der Waals surface area contributed by atoms with Crippen LogP contribution in [0.25, 0.3) is 0 Å². The Balaban J connectivity index is 1.88. The van der Waals surface area contributed by atoms with Gasteiger partial charge < -0.3 is 14.6 Å². The van der Waals surface area contributed by atoms with Crippen LogP contribution in [0, 0.1) is 0 Å². The maximum atomic E-state index is 11.7. The van der Waals surface area contributed by atoms with Crippen LogP contribution in [-0.4, -0.2) is 34.9 Å². The van der Waals surface area contributed by atoms with Gasteiger partial charge >= 0.3 is 5.69 Å². The Morgan fingerprint density at radius 1 is 1.04 bits per heavy atom. The Morgan fingerprint density at radius 3 is 2.46 bits per heavy atom. The highest BCUT2D eigenvalue weighted by Gasteiger charge is 2.09. The molecular formula is C17H22N2O5. The molecule has 2 rings (SSSR count). The minimum atomic E-state index is -0.730. The lowest BCUT2D eigenvalue weighted by molar-refractivity contribution is 0.0980. The summed E-state index contributed by atoms with van der Waals surface area (Å²) in [5.74, 6) is 0.297. The van der Waals surface area contributed by atoms with Crippen molar-refractivity contribution < 1.29 is 14.6 Å². The van der Waals surface area contributed by atoms with Crippen molar-refractivity contribution in [3.05, 3.63) is 56.2 Å². The first-order chi connectivity index (χ1) is 11.6. The zero-order valence-electron chi connectivity index (χ0n) is 13.6. The van der Waals surface area contributed by atoms with Crippen LogP contribution in [0.4, 0.5) is 0 Å². The molecule has 7 nitrogen and oxygen atoms in total. The summed E-state index contributed by atoms with van der Waals surface area (Å²) in [6.07, 6.45) is 2.36. The minimum absolute atomic E-state index is 0.118. The zero-order valence-corrected chi connectivity index (χ0v) is 13.6. The number of aromatic amines is 2. The van der Waals surface area contributed by atoms with Crippen molar-refractivity contribution in [3.8, 4) is 11.6 Å². The first kappa shape index (κ1) is 17.8. The summed E-state index contributed by atoms with van der Waals surface area (Å²) in [5, 5.41) is 9.68. The number of hydrogen-bond acceptors (Lipinski definition) is 5. The lowest BCUT2D eigenvalue weighted by atomic mass is 10.1. The van der Waals surface area contributed by atoms with E-state index in [0.29, 0.717) is 19.0 Å². The van der Waals surface area contributed by atoms with Crippen LogP contribution in [0.3, 0.4) is 0 Å². The van der Waals surface area contributed by atoms with E-state index in [1.807, 2.05) is 0 Å². The summed E-state index contributed by atoms with van der Waals surface area (Å²) in [4.78, 5) is 27.0. The Labute approximate surface area is 139 Å². The molecule has 0 saturated carbocycles. The lowest BCUT2D eigenvalue weighted by Gasteiger charge is -2.08. The van der Waals surface area contributed by atoms with Gasteiger partial charge in [-0.3, -0.25) is 14.8 Å². The van der Waals surface area contributed by atoms with E-state index < -0.39 is 17.1 Å². The van der Waals surface area contributed by atoms with Gasteiger partial charge in [-0.2, -0.15) is 0 Å². The van der Waals surface area contributed by atoms with E-state index in [1.165, 1.54) is 0 Å². The molecular weight excluding hydrogens is 312 g/mol. The van der Waals surface area contributed by atoms with Crippen LogP contribution < -0.4 is 16.0 Å². The van der Waals surface area contributed by atoms with Gasteiger partial charge in [0.05, 0.1) is 12.2 Å². The third-order valence-corrected chi connectivity index (χ3v) is 3.46. The monoisotopic (exact) mass is 334 g/mol.